The van der Waals surface area contributed by atoms with Gasteiger partial charge in [0.2, 0.25) is 0 Å². The molecule has 0 aliphatic heterocycles. The third-order valence-electron chi connectivity index (χ3n) is 6.75. The van der Waals surface area contributed by atoms with E-state index in [4.69, 9.17) is 9.72 Å². The molecule has 0 unspecified atom stereocenters. The molecule has 8 nitrogen and oxygen atoms in total. The van der Waals surface area contributed by atoms with Crippen LogP contribution in [-0.2, 0) is 0 Å². The second-order valence-corrected chi connectivity index (χ2v) is 9.76. The number of benzene rings is 3. The summed E-state index contributed by atoms with van der Waals surface area (Å²) in [6, 6.07) is 21.6. The Labute approximate surface area is 231 Å². The Morgan fingerprint density at radius 1 is 1.07 bits per heavy atom. The van der Waals surface area contributed by atoms with Crippen molar-refractivity contribution >= 4 is 23.1 Å². The highest BCUT2D eigenvalue weighted by molar-refractivity contribution is 5.88. The zero-order valence-corrected chi connectivity index (χ0v) is 22.8. The molecule has 0 saturated heterocycles. The first-order chi connectivity index (χ1) is 19.3. The molecule has 8 heteroatoms. The zero-order chi connectivity index (χ0) is 28.4. The zero-order valence-electron chi connectivity index (χ0n) is 22.8. The molecule has 0 fully saturated rings. The lowest BCUT2D eigenvalue weighted by atomic mass is 9.96. The predicted molar refractivity (Wildman–Crippen MR) is 157 cm³/mol. The highest BCUT2D eigenvalue weighted by Gasteiger charge is 2.18. The number of aryl methyl sites for hydroxylation is 1. The first-order valence-electron chi connectivity index (χ1n) is 13.1. The second-order valence-electron chi connectivity index (χ2n) is 9.76. The number of carboxylic acid groups (broad SMARTS) is 1. The molecule has 0 amide bonds. The number of carbonyl (C=O) groups is 1. The minimum absolute atomic E-state index is 0.195. The number of fused-ring (bicyclic) bond motifs is 1. The maximum absolute atomic E-state index is 13.8. The largest absolute Gasteiger partial charge is 0.494 e. The van der Waals surface area contributed by atoms with Gasteiger partial charge in [-0.25, -0.2) is 9.78 Å². The summed E-state index contributed by atoms with van der Waals surface area (Å²) in [5, 5.41) is 14.3. The molecule has 202 valence electrons. The van der Waals surface area contributed by atoms with Gasteiger partial charge in [0.1, 0.15) is 5.75 Å². The Balaban J connectivity index is 1.67. The van der Waals surface area contributed by atoms with Crippen LogP contribution in [0.4, 0.5) is 0 Å². The lowest BCUT2D eigenvalue weighted by molar-refractivity contribution is 0.0697. The molecule has 2 heterocycles. The lowest BCUT2D eigenvalue weighted by Gasteiger charge is -2.18. The minimum Gasteiger partial charge on any atom is -0.494 e. The van der Waals surface area contributed by atoms with Crippen molar-refractivity contribution in [3.05, 3.63) is 112 Å². The van der Waals surface area contributed by atoms with Crippen LogP contribution in [0.15, 0.2) is 88.9 Å². The van der Waals surface area contributed by atoms with Crippen LogP contribution in [-0.4, -0.2) is 38.1 Å². The van der Waals surface area contributed by atoms with Gasteiger partial charge in [0.25, 0.3) is 5.56 Å². The van der Waals surface area contributed by atoms with Gasteiger partial charge in [0.15, 0.2) is 5.82 Å². The normalized spacial score (nSPS) is 11.5. The Hall–Kier alpha value is -4.98. The van der Waals surface area contributed by atoms with E-state index in [1.807, 2.05) is 67.1 Å². The molecular formula is C32H30N4O4. The molecule has 0 aliphatic carbocycles. The number of para-hydroxylation sites is 1. The van der Waals surface area contributed by atoms with Crippen molar-refractivity contribution < 1.29 is 14.6 Å². The Morgan fingerprint density at radius 3 is 2.52 bits per heavy atom. The molecule has 3 aromatic carbocycles. The average molecular weight is 535 g/mol. The maximum atomic E-state index is 13.8. The highest BCUT2D eigenvalue weighted by atomic mass is 16.5. The minimum atomic E-state index is -0.984. The number of hydrogen-bond acceptors (Lipinski definition) is 5. The number of carboxylic acids is 1. The summed E-state index contributed by atoms with van der Waals surface area (Å²) in [6.07, 6.45) is 3.46. The summed E-state index contributed by atoms with van der Waals surface area (Å²) in [5.41, 5.74) is 4.74. The maximum Gasteiger partial charge on any atom is 0.335 e. The second kappa shape index (κ2) is 11.0. The fourth-order valence-electron chi connectivity index (χ4n) is 4.69. The molecule has 0 saturated carbocycles. The van der Waals surface area contributed by atoms with Gasteiger partial charge < -0.3 is 14.4 Å². The number of aromatic nitrogens is 3. The number of hydrogen-bond donors (Lipinski definition) is 1. The van der Waals surface area contributed by atoms with Crippen molar-refractivity contribution in [1.29, 1.82) is 0 Å². The van der Waals surface area contributed by atoms with Crippen molar-refractivity contribution in [2.24, 2.45) is 5.10 Å². The van der Waals surface area contributed by atoms with Gasteiger partial charge in [-0.3, -0.25) is 4.79 Å². The summed E-state index contributed by atoms with van der Waals surface area (Å²) in [4.78, 5) is 29.9. The number of nitrogens with zero attached hydrogens (tertiary/aromatic N) is 4. The standard InChI is InChI=1S/C32H30N4O4/c1-5-40-29-17-21(4)27(18-26(29)20(2)3)30-34-28-11-7-6-10-25(28)31(37)36(30)33-19-24-9-8-16-35(24)23-14-12-22(13-15-23)32(38)39/h6-20H,5H2,1-4H3,(H,38,39). The van der Waals surface area contributed by atoms with Gasteiger partial charge in [-0.2, -0.15) is 9.78 Å². The van der Waals surface area contributed by atoms with E-state index < -0.39 is 5.97 Å². The van der Waals surface area contributed by atoms with E-state index in [-0.39, 0.29) is 17.0 Å². The molecule has 0 spiro atoms. The monoisotopic (exact) mass is 534 g/mol. The van der Waals surface area contributed by atoms with Crippen molar-refractivity contribution in [2.45, 2.75) is 33.6 Å². The number of ether oxygens (including phenoxy) is 1. The molecule has 5 aromatic rings. The molecule has 0 bridgehead atoms. The van der Waals surface area contributed by atoms with Crippen LogP contribution in [0.2, 0.25) is 0 Å². The van der Waals surface area contributed by atoms with Crippen LogP contribution < -0.4 is 10.3 Å². The predicted octanol–water partition coefficient (Wildman–Crippen LogP) is 6.27. The molecular weight excluding hydrogens is 504 g/mol. The van der Waals surface area contributed by atoms with Crippen molar-refractivity contribution in [3.8, 4) is 22.8 Å². The third kappa shape index (κ3) is 5.03. The van der Waals surface area contributed by atoms with Crippen molar-refractivity contribution in [2.75, 3.05) is 6.61 Å². The van der Waals surface area contributed by atoms with Crippen LogP contribution in [0, 0.1) is 6.92 Å². The van der Waals surface area contributed by atoms with Crippen molar-refractivity contribution in [1.82, 2.24) is 14.2 Å². The summed E-state index contributed by atoms with van der Waals surface area (Å²) in [7, 11) is 0. The fraction of sp³-hybridized carbons (Fsp3) is 0.188. The third-order valence-corrected chi connectivity index (χ3v) is 6.75. The molecule has 5 rings (SSSR count). The van der Waals surface area contributed by atoms with Crippen LogP contribution in [0.3, 0.4) is 0 Å². The fourth-order valence-corrected chi connectivity index (χ4v) is 4.69. The summed E-state index contributed by atoms with van der Waals surface area (Å²) < 4.78 is 9.13. The van der Waals surface area contributed by atoms with E-state index in [1.54, 1.807) is 36.5 Å². The van der Waals surface area contributed by atoms with Gasteiger partial charge in [-0.15, -0.1) is 0 Å². The SMILES string of the molecule is CCOc1cc(C)c(-c2nc3ccccc3c(=O)n2N=Cc2cccn2-c2ccc(C(=O)O)cc2)cc1C(C)C. The molecule has 0 radical (unpaired) electrons. The van der Waals surface area contributed by atoms with Crippen LogP contribution in [0.5, 0.6) is 5.75 Å². The molecule has 2 aromatic heterocycles. The summed E-state index contributed by atoms with van der Waals surface area (Å²) in [6.45, 7) is 8.70. The Bertz CT molecular complexity index is 1800. The van der Waals surface area contributed by atoms with E-state index in [9.17, 15) is 14.7 Å². The van der Waals surface area contributed by atoms with Crippen LogP contribution in [0.1, 0.15) is 53.9 Å². The molecule has 40 heavy (non-hydrogen) atoms. The van der Waals surface area contributed by atoms with Crippen molar-refractivity contribution in [3.63, 3.8) is 0 Å². The van der Waals surface area contributed by atoms with Crippen LogP contribution >= 0.6 is 0 Å². The van der Waals surface area contributed by atoms with Gasteiger partial charge in [0.05, 0.1) is 35.0 Å². The topological polar surface area (TPSA) is 98.7 Å². The van der Waals surface area contributed by atoms with Crippen LogP contribution in [0.25, 0.3) is 28.0 Å². The van der Waals surface area contributed by atoms with E-state index in [1.165, 1.54) is 4.68 Å². The molecule has 0 aliphatic rings. The smallest absolute Gasteiger partial charge is 0.335 e. The highest BCUT2D eigenvalue weighted by Crippen LogP contribution is 2.34. The summed E-state index contributed by atoms with van der Waals surface area (Å²) in [5.74, 6) is 0.470. The Kier molecular flexibility index (Phi) is 7.33. The van der Waals surface area contributed by atoms with Gasteiger partial charge in [-0.1, -0.05) is 26.0 Å². The quantitative estimate of drug-likeness (QED) is 0.237. The number of aromatic carboxylic acids is 1. The van der Waals surface area contributed by atoms with Gasteiger partial charge >= 0.3 is 5.97 Å². The summed E-state index contributed by atoms with van der Waals surface area (Å²) >= 11 is 0. The van der Waals surface area contributed by atoms with E-state index in [2.05, 4.69) is 18.9 Å². The number of rotatable bonds is 8. The molecule has 1 N–H and O–H groups in total. The first kappa shape index (κ1) is 26.6. The Morgan fingerprint density at radius 2 is 1.82 bits per heavy atom. The van der Waals surface area contributed by atoms with E-state index in [0.717, 1.165) is 28.1 Å². The van der Waals surface area contributed by atoms with Gasteiger partial charge in [-0.05, 0) is 91.6 Å². The lowest BCUT2D eigenvalue weighted by Crippen LogP contribution is -2.21. The molecule has 0 atom stereocenters. The van der Waals surface area contributed by atoms with E-state index in [0.29, 0.717) is 29.0 Å². The first-order valence-corrected chi connectivity index (χ1v) is 13.1. The average Bonchev–Trinajstić information content (AvgIpc) is 3.41. The van der Waals surface area contributed by atoms with Gasteiger partial charge in [0, 0.05) is 17.4 Å². The van der Waals surface area contributed by atoms with E-state index >= 15 is 0 Å².